The second kappa shape index (κ2) is 7.12. The second-order valence-electron chi connectivity index (χ2n) is 7.01. The number of nitrogens with zero attached hydrogens (tertiary/aromatic N) is 2. The molecule has 0 saturated heterocycles. The Hall–Kier alpha value is -2.81. The van der Waals surface area contributed by atoms with E-state index in [4.69, 9.17) is 9.68 Å². The number of hydrogen-bond acceptors (Lipinski definition) is 7. The number of hydrogen-bond donors (Lipinski definition) is 2. The van der Waals surface area contributed by atoms with Gasteiger partial charge >= 0.3 is 0 Å². The number of furan rings is 1. The number of anilines is 1. The first-order valence-corrected chi connectivity index (χ1v) is 13.2. The number of fused-ring (bicyclic) bond motifs is 2. The van der Waals surface area contributed by atoms with Gasteiger partial charge in [0, 0.05) is 16.3 Å². The molecule has 0 atom stereocenters. The van der Waals surface area contributed by atoms with Gasteiger partial charge in [0.05, 0.1) is 22.9 Å². The Morgan fingerprint density at radius 2 is 1.90 bits per heavy atom. The average molecular weight is 473 g/mol. The molecule has 0 aliphatic carbocycles. The first-order valence-electron chi connectivity index (χ1n) is 9.21. The third kappa shape index (κ3) is 3.31. The number of para-hydroxylation sites is 1. The van der Waals surface area contributed by atoms with Crippen molar-refractivity contribution in [1.29, 1.82) is 5.26 Å². The number of nitriles is 1. The predicted molar refractivity (Wildman–Crippen MR) is 121 cm³/mol. The summed E-state index contributed by atoms with van der Waals surface area (Å²) in [4.78, 5) is 1.49. The Kier molecular flexibility index (Phi) is 4.62. The van der Waals surface area contributed by atoms with E-state index in [0.717, 1.165) is 4.88 Å². The summed E-state index contributed by atoms with van der Waals surface area (Å²) in [5, 5.41) is 9.56. The molecule has 2 aromatic carbocycles. The lowest BCUT2D eigenvalue weighted by Crippen LogP contribution is -2.38. The summed E-state index contributed by atoms with van der Waals surface area (Å²) in [5.41, 5.74) is 1.35. The number of thiophene rings is 1. The van der Waals surface area contributed by atoms with Crippen LogP contribution in [0.25, 0.3) is 21.4 Å². The molecular weight excluding hydrogens is 456 g/mol. The molecule has 2 N–H and O–H groups in total. The SMILES string of the molecule is N#Cc1ccc(-c2ccc3c(c2)N(S(=O)(=O)c2cc4ccccc4o2)CCS3(O)O)s1. The van der Waals surface area contributed by atoms with Gasteiger partial charge in [0.25, 0.3) is 10.0 Å². The standard InChI is InChI=1S/C21H16N2O5S3/c22-13-16-6-7-19(29-16)15-5-8-20-17(11-15)23(9-10-30(20,24)25)31(26,27)21-12-14-3-1-2-4-18(14)28-21/h1-8,11-12,24-25H,9-10H2. The van der Waals surface area contributed by atoms with E-state index in [1.54, 1.807) is 54.6 Å². The van der Waals surface area contributed by atoms with Crippen molar-refractivity contribution in [3.63, 3.8) is 0 Å². The lowest BCUT2D eigenvalue weighted by Gasteiger charge is -2.42. The minimum absolute atomic E-state index is 0.0912. The quantitative estimate of drug-likeness (QED) is 0.415. The van der Waals surface area contributed by atoms with Crippen LogP contribution < -0.4 is 4.31 Å². The molecule has 2 aromatic heterocycles. The van der Waals surface area contributed by atoms with Crippen LogP contribution in [0.4, 0.5) is 5.69 Å². The molecule has 31 heavy (non-hydrogen) atoms. The van der Waals surface area contributed by atoms with Crippen LogP contribution in [-0.2, 0) is 10.0 Å². The van der Waals surface area contributed by atoms with Crippen molar-refractivity contribution in [2.45, 2.75) is 9.99 Å². The maximum absolute atomic E-state index is 13.5. The predicted octanol–water partition coefficient (Wildman–Crippen LogP) is 5.35. The Morgan fingerprint density at radius 1 is 1.10 bits per heavy atom. The van der Waals surface area contributed by atoms with Crippen LogP contribution in [0, 0.1) is 11.3 Å². The van der Waals surface area contributed by atoms with Gasteiger partial charge in [-0.05, 0) is 35.9 Å². The molecule has 0 unspecified atom stereocenters. The number of rotatable bonds is 3. The molecule has 1 aliphatic rings. The minimum atomic E-state index is -4.08. The lowest BCUT2D eigenvalue weighted by atomic mass is 10.1. The highest BCUT2D eigenvalue weighted by molar-refractivity contribution is 8.24. The van der Waals surface area contributed by atoms with E-state index in [0.29, 0.717) is 21.4 Å². The zero-order valence-electron chi connectivity index (χ0n) is 15.9. The van der Waals surface area contributed by atoms with Crippen molar-refractivity contribution in [2.24, 2.45) is 0 Å². The van der Waals surface area contributed by atoms with Crippen molar-refractivity contribution < 1.29 is 21.9 Å². The third-order valence-corrected chi connectivity index (χ3v) is 9.62. The lowest BCUT2D eigenvalue weighted by molar-refractivity contribution is 0.474. The zero-order chi connectivity index (χ0) is 21.8. The first-order chi connectivity index (χ1) is 14.8. The van der Waals surface area contributed by atoms with E-state index >= 15 is 0 Å². The van der Waals surface area contributed by atoms with Crippen LogP contribution in [-0.4, -0.2) is 29.8 Å². The van der Waals surface area contributed by atoms with Gasteiger partial charge in [0.15, 0.2) is 0 Å². The molecule has 7 nitrogen and oxygen atoms in total. The van der Waals surface area contributed by atoms with E-state index < -0.39 is 20.6 Å². The summed E-state index contributed by atoms with van der Waals surface area (Å²) in [5.74, 6) is -0.101. The molecule has 0 amide bonds. The monoisotopic (exact) mass is 472 g/mol. The molecule has 5 rings (SSSR count). The number of benzene rings is 2. The molecule has 0 saturated carbocycles. The smallest absolute Gasteiger partial charge is 0.297 e. The van der Waals surface area contributed by atoms with E-state index in [1.807, 2.05) is 0 Å². The van der Waals surface area contributed by atoms with Gasteiger partial charge in [-0.2, -0.15) is 24.3 Å². The Labute approximate surface area is 184 Å². The minimum Gasteiger partial charge on any atom is -0.443 e. The summed E-state index contributed by atoms with van der Waals surface area (Å²) >= 11 is 1.28. The van der Waals surface area contributed by atoms with E-state index in [-0.39, 0.29) is 28.0 Å². The van der Waals surface area contributed by atoms with Crippen molar-refractivity contribution in [1.82, 2.24) is 0 Å². The highest BCUT2D eigenvalue weighted by Crippen LogP contribution is 2.56. The van der Waals surface area contributed by atoms with Crippen molar-refractivity contribution in [2.75, 3.05) is 16.6 Å². The Morgan fingerprint density at radius 3 is 2.65 bits per heavy atom. The molecule has 4 aromatic rings. The van der Waals surface area contributed by atoms with Crippen LogP contribution in [0.15, 0.2) is 75.1 Å². The van der Waals surface area contributed by atoms with Crippen LogP contribution >= 0.6 is 21.9 Å². The van der Waals surface area contributed by atoms with Gasteiger partial charge < -0.3 is 4.42 Å². The van der Waals surface area contributed by atoms with Gasteiger partial charge in [-0.25, -0.2) is 0 Å². The van der Waals surface area contributed by atoms with E-state index in [2.05, 4.69) is 6.07 Å². The summed E-state index contributed by atoms with van der Waals surface area (Å²) in [7, 11) is -7.20. The van der Waals surface area contributed by atoms with Crippen LogP contribution in [0.1, 0.15) is 4.88 Å². The molecule has 0 bridgehead atoms. The van der Waals surface area contributed by atoms with Gasteiger partial charge in [0.1, 0.15) is 16.5 Å². The highest BCUT2D eigenvalue weighted by atomic mass is 32.3. The zero-order valence-corrected chi connectivity index (χ0v) is 18.4. The average Bonchev–Trinajstić information content (AvgIpc) is 3.40. The maximum atomic E-state index is 13.5. The summed E-state index contributed by atoms with van der Waals surface area (Å²) in [6, 6.07) is 18.9. The molecule has 0 radical (unpaired) electrons. The topological polar surface area (TPSA) is 115 Å². The second-order valence-corrected chi connectivity index (χ2v) is 12.1. The van der Waals surface area contributed by atoms with Gasteiger partial charge in [-0.15, -0.1) is 11.3 Å². The normalized spacial score (nSPS) is 16.6. The molecule has 0 spiro atoms. The highest BCUT2D eigenvalue weighted by Gasteiger charge is 2.37. The van der Waals surface area contributed by atoms with Gasteiger partial charge in [0.2, 0.25) is 5.09 Å². The molecule has 0 fully saturated rings. The fourth-order valence-electron chi connectivity index (χ4n) is 3.58. The summed E-state index contributed by atoms with van der Waals surface area (Å²) < 4.78 is 54.8. The van der Waals surface area contributed by atoms with Crippen molar-refractivity contribution in [3.8, 4) is 16.5 Å². The molecular formula is C21H16N2O5S3. The Balaban J connectivity index is 1.65. The van der Waals surface area contributed by atoms with E-state index in [9.17, 15) is 17.5 Å². The fourth-order valence-corrected chi connectivity index (χ4v) is 7.43. The largest absolute Gasteiger partial charge is 0.443 e. The molecule has 3 heterocycles. The molecule has 10 heteroatoms. The van der Waals surface area contributed by atoms with Crippen LogP contribution in [0.3, 0.4) is 0 Å². The molecule has 158 valence electrons. The maximum Gasteiger partial charge on any atom is 0.297 e. The van der Waals surface area contributed by atoms with Crippen molar-refractivity contribution >= 4 is 48.6 Å². The van der Waals surface area contributed by atoms with Gasteiger partial charge in [-0.1, -0.05) is 24.3 Å². The van der Waals surface area contributed by atoms with Crippen molar-refractivity contribution in [3.05, 3.63) is 65.5 Å². The van der Waals surface area contributed by atoms with E-state index in [1.165, 1.54) is 21.7 Å². The van der Waals surface area contributed by atoms with Crippen LogP contribution in [0.2, 0.25) is 0 Å². The Bertz CT molecular complexity index is 1430. The first kappa shape index (κ1) is 20.1. The van der Waals surface area contributed by atoms with Crippen LogP contribution in [0.5, 0.6) is 0 Å². The fraction of sp³-hybridized carbons (Fsp3) is 0.0952. The number of sulfonamides is 1. The third-order valence-electron chi connectivity index (χ3n) is 5.11. The summed E-state index contributed by atoms with van der Waals surface area (Å²) in [6.45, 7) is -0.0912. The van der Waals surface area contributed by atoms with Gasteiger partial charge in [-0.3, -0.25) is 13.4 Å². The summed E-state index contributed by atoms with van der Waals surface area (Å²) in [6.07, 6.45) is 0. The molecule has 1 aliphatic heterocycles.